The summed E-state index contributed by atoms with van der Waals surface area (Å²) in [5.41, 5.74) is 5.91. The van der Waals surface area contributed by atoms with Crippen LogP contribution in [0.3, 0.4) is 0 Å². The summed E-state index contributed by atoms with van der Waals surface area (Å²) in [5.74, 6) is 0. The Bertz CT molecular complexity index is 332. The van der Waals surface area contributed by atoms with Crippen LogP contribution < -0.4 is 0 Å². The van der Waals surface area contributed by atoms with Gasteiger partial charge in [-0.25, -0.2) is 0 Å². The third-order valence-corrected chi connectivity index (χ3v) is 2.54. The molecule has 1 aromatic rings. The van der Waals surface area contributed by atoms with Crippen molar-refractivity contribution in [2.24, 2.45) is 0 Å². The normalized spacial score (nSPS) is 14.5. The summed E-state index contributed by atoms with van der Waals surface area (Å²) in [5, 5.41) is 0. The summed E-state index contributed by atoms with van der Waals surface area (Å²) in [6.45, 7) is 4.39. The first-order chi connectivity index (χ1) is 5.77. The van der Waals surface area contributed by atoms with E-state index in [-0.39, 0.29) is 0 Å². The molecule has 0 N–H and O–H groups in total. The molecule has 0 aromatic heterocycles. The van der Waals surface area contributed by atoms with E-state index in [2.05, 4.69) is 38.1 Å². The average molecular weight is 158 g/mol. The largest absolute Gasteiger partial charge is 0.0838 e. The van der Waals surface area contributed by atoms with Crippen molar-refractivity contribution in [3.63, 3.8) is 0 Å². The molecule has 0 saturated heterocycles. The number of hydrogen-bond acceptors (Lipinski definition) is 0. The Balaban J connectivity index is 2.57. The molecule has 0 bridgehead atoms. The zero-order chi connectivity index (χ0) is 8.55. The third-order valence-electron chi connectivity index (χ3n) is 2.54. The molecule has 0 heterocycles. The van der Waals surface area contributed by atoms with Crippen LogP contribution >= 0.6 is 0 Å². The van der Waals surface area contributed by atoms with Crippen LogP contribution in [0, 0.1) is 13.8 Å². The molecule has 2 rings (SSSR count). The second-order valence-corrected chi connectivity index (χ2v) is 3.60. The maximum absolute atomic E-state index is 2.31. The lowest BCUT2D eigenvalue weighted by molar-refractivity contribution is 1.06. The highest BCUT2D eigenvalue weighted by Crippen LogP contribution is 2.21. The molecule has 0 aliphatic heterocycles. The quantitative estimate of drug-likeness (QED) is 0.509. The molecule has 0 heteroatoms. The van der Waals surface area contributed by atoms with Crippen molar-refractivity contribution in [3.05, 3.63) is 46.5 Å². The highest BCUT2D eigenvalue weighted by atomic mass is 14.1. The van der Waals surface area contributed by atoms with E-state index >= 15 is 0 Å². The molecule has 0 nitrogen and oxygen atoms in total. The van der Waals surface area contributed by atoms with E-state index in [4.69, 9.17) is 0 Å². The summed E-state index contributed by atoms with van der Waals surface area (Å²) in [4.78, 5) is 0. The van der Waals surface area contributed by atoms with Gasteiger partial charge >= 0.3 is 0 Å². The van der Waals surface area contributed by atoms with Crippen LogP contribution in [-0.2, 0) is 12.8 Å². The van der Waals surface area contributed by atoms with Gasteiger partial charge in [0.15, 0.2) is 0 Å². The average Bonchev–Trinajstić information content (AvgIpc) is 2.04. The van der Waals surface area contributed by atoms with Crippen molar-refractivity contribution in [1.82, 2.24) is 0 Å². The van der Waals surface area contributed by atoms with Crippen molar-refractivity contribution >= 4 is 0 Å². The summed E-state index contributed by atoms with van der Waals surface area (Å²) in [7, 11) is 0. The third kappa shape index (κ3) is 1.18. The molecule has 0 fully saturated rings. The van der Waals surface area contributed by atoms with Crippen molar-refractivity contribution in [2.75, 3.05) is 0 Å². The minimum absolute atomic E-state index is 1.12. The molecular formula is C12H14. The lowest BCUT2D eigenvalue weighted by Gasteiger charge is -2.14. The lowest BCUT2D eigenvalue weighted by Crippen LogP contribution is -2.00. The van der Waals surface area contributed by atoms with Crippen molar-refractivity contribution in [3.8, 4) is 0 Å². The van der Waals surface area contributed by atoms with Gasteiger partial charge in [-0.2, -0.15) is 0 Å². The fourth-order valence-electron chi connectivity index (χ4n) is 1.97. The maximum atomic E-state index is 2.31. The van der Waals surface area contributed by atoms with Gasteiger partial charge in [0.1, 0.15) is 0 Å². The van der Waals surface area contributed by atoms with Gasteiger partial charge in [0, 0.05) is 0 Å². The van der Waals surface area contributed by atoms with Crippen molar-refractivity contribution < 1.29 is 0 Å². The van der Waals surface area contributed by atoms with E-state index < -0.39 is 0 Å². The maximum Gasteiger partial charge on any atom is -0.00919 e. The van der Waals surface area contributed by atoms with Gasteiger partial charge in [0.05, 0.1) is 0 Å². The number of aryl methyl sites for hydroxylation is 2. The summed E-state index contributed by atoms with van der Waals surface area (Å²) < 4.78 is 0. The van der Waals surface area contributed by atoms with Crippen molar-refractivity contribution in [1.29, 1.82) is 0 Å². The van der Waals surface area contributed by atoms with Crippen LogP contribution in [0.15, 0.2) is 24.3 Å². The minimum atomic E-state index is 1.12. The van der Waals surface area contributed by atoms with Crippen LogP contribution in [0.4, 0.5) is 0 Å². The fourth-order valence-corrected chi connectivity index (χ4v) is 1.97. The van der Waals surface area contributed by atoms with Crippen LogP contribution in [0.2, 0.25) is 0 Å². The van der Waals surface area contributed by atoms with Gasteiger partial charge < -0.3 is 0 Å². The van der Waals surface area contributed by atoms with E-state index in [1.165, 1.54) is 16.7 Å². The number of allylic oxidation sites excluding steroid dienone is 2. The highest BCUT2D eigenvalue weighted by Gasteiger charge is 2.07. The molecule has 0 amide bonds. The first kappa shape index (κ1) is 7.60. The van der Waals surface area contributed by atoms with E-state index in [9.17, 15) is 0 Å². The first-order valence-electron chi connectivity index (χ1n) is 4.51. The number of hydrogen-bond donors (Lipinski definition) is 0. The monoisotopic (exact) mass is 158 g/mol. The minimum Gasteiger partial charge on any atom is -0.0838 e. The number of benzene rings is 1. The molecular weight excluding hydrogens is 144 g/mol. The highest BCUT2D eigenvalue weighted by molar-refractivity contribution is 5.42. The van der Waals surface area contributed by atoms with Gasteiger partial charge in [-0.1, -0.05) is 29.8 Å². The molecule has 12 heavy (non-hydrogen) atoms. The summed E-state index contributed by atoms with van der Waals surface area (Å²) >= 11 is 0. The molecule has 62 valence electrons. The number of rotatable bonds is 0. The number of fused-ring (bicyclic) bond motifs is 1. The van der Waals surface area contributed by atoms with Gasteiger partial charge in [-0.15, -0.1) is 0 Å². The van der Waals surface area contributed by atoms with E-state index in [0.717, 1.165) is 12.8 Å². The molecule has 0 saturated carbocycles. The molecule has 0 unspecified atom stereocenters. The Labute approximate surface area is 73.9 Å². The Morgan fingerprint density at radius 3 is 2.58 bits per heavy atom. The van der Waals surface area contributed by atoms with Crippen LogP contribution in [0.1, 0.15) is 22.3 Å². The van der Waals surface area contributed by atoms with Crippen molar-refractivity contribution in [2.45, 2.75) is 26.7 Å². The zero-order valence-corrected chi connectivity index (χ0v) is 7.72. The van der Waals surface area contributed by atoms with Gasteiger partial charge in [0.25, 0.3) is 0 Å². The molecule has 0 atom stereocenters. The molecule has 0 spiro atoms. The zero-order valence-electron chi connectivity index (χ0n) is 7.72. The molecule has 1 aliphatic carbocycles. The SMILES string of the molecule is Cc1cc(C)c2c(c1)CC=CC2. The van der Waals surface area contributed by atoms with Gasteiger partial charge in [0.2, 0.25) is 0 Å². The fraction of sp³-hybridized carbons (Fsp3) is 0.333. The Kier molecular flexibility index (Phi) is 1.76. The first-order valence-corrected chi connectivity index (χ1v) is 4.51. The predicted octanol–water partition coefficient (Wildman–Crippen LogP) is 2.96. The van der Waals surface area contributed by atoms with E-state index in [1.807, 2.05) is 0 Å². The van der Waals surface area contributed by atoms with Gasteiger partial charge in [-0.05, 0) is 43.4 Å². The van der Waals surface area contributed by atoms with Crippen LogP contribution in [0.25, 0.3) is 0 Å². The topological polar surface area (TPSA) is 0 Å². The predicted molar refractivity (Wildman–Crippen MR) is 52.5 cm³/mol. The Morgan fingerprint density at radius 1 is 1.00 bits per heavy atom. The summed E-state index contributed by atoms with van der Waals surface area (Å²) in [6.07, 6.45) is 6.78. The second-order valence-electron chi connectivity index (χ2n) is 3.60. The van der Waals surface area contributed by atoms with E-state index in [1.54, 1.807) is 5.56 Å². The van der Waals surface area contributed by atoms with Crippen LogP contribution in [0.5, 0.6) is 0 Å². The Hall–Kier alpha value is -1.04. The smallest absolute Gasteiger partial charge is 0.00919 e. The lowest BCUT2D eigenvalue weighted by atomic mass is 9.91. The molecule has 0 radical (unpaired) electrons. The molecule has 1 aromatic carbocycles. The second kappa shape index (κ2) is 2.78. The standard InChI is InChI=1S/C12H14/c1-9-7-10(2)12-6-4-3-5-11(12)8-9/h3-4,7-8H,5-6H2,1-2H3. The Morgan fingerprint density at radius 2 is 1.75 bits per heavy atom. The van der Waals surface area contributed by atoms with Crippen LogP contribution in [-0.4, -0.2) is 0 Å². The summed E-state index contributed by atoms with van der Waals surface area (Å²) in [6, 6.07) is 4.59. The van der Waals surface area contributed by atoms with E-state index in [0.29, 0.717) is 0 Å². The van der Waals surface area contributed by atoms with Gasteiger partial charge in [-0.3, -0.25) is 0 Å². The molecule has 1 aliphatic rings.